The highest BCUT2D eigenvalue weighted by Crippen LogP contribution is 2.32. The zero-order valence-electron chi connectivity index (χ0n) is 9.52. The fraction of sp³-hybridized carbons (Fsp3) is 0.200. The molecule has 0 saturated heterocycles. The smallest absolute Gasteiger partial charge is 0.310 e. The zero-order valence-corrected chi connectivity index (χ0v) is 11.1. The van der Waals surface area contributed by atoms with Crippen LogP contribution in [-0.2, 0) is 9.53 Å². The third kappa shape index (κ3) is 5.62. The average molecular weight is 282 g/mol. The van der Waals surface area contributed by atoms with E-state index < -0.39 is 0 Å². The van der Waals surface area contributed by atoms with E-state index in [4.69, 9.17) is 5.53 Å². The summed E-state index contributed by atoms with van der Waals surface area (Å²) in [5.74, 6) is -0.317. The number of azide groups is 1. The van der Waals surface area contributed by atoms with Crippen LogP contribution in [0.25, 0.3) is 10.4 Å². The molecule has 94 valence electrons. The molecule has 1 rings (SSSR count). The van der Waals surface area contributed by atoms with Gasteiger partial charge in [0.05, 0.1) is 13.5 Å². The van der Waals surface area contributed by atoms with Crippen molar-refractivity contribution < 1.29 is 9.53 Å². The molecule has 0 bridgehead atoms. The normalized spacial score (nSPS) is 10.1. The lowest BCUT2D eigenvalue weighted by molar-refractivity contribution is -0.139. The molecule has 0 aliphatic heterocycles. The van der Waals surface area contributed by atoms with Gasteiger partial charge in [-0.3, -0.25) is 4.79 Å². The third-order valence-electron chi connectivity index (χ3n) is 1.73. The summed E-state index contributed by atoms with van der Waals surface area (Å²) in [7, 11) is 4.03. The van der Waals surface area contributed by atoms with Crippen LogP contribution in [0.5, 0.6) is 0 Å². The molecule has 6 nitrogen and oxygen atoms in total. The SMILES string of the molecule is COC(=O)CC=NSSc1ccc(N=[N+]=[N-])cc1. The monoisotopic (exact) mass is 282 g/mol. The molecule has 0 heterocycles. The van der Waals surface area contributed by atoms with E-state index in [-0.39, 0.29) is 12.4 Å². The van der Waals surface area contributed by atoms with Gasteiger partial charge in [0.1, 0.15) is 0 Å². The Hall–Kier alpha value is -1.63. The number of methoxy groups -OCH3 is 1. The Morgan fingerprint density at radius 1 is 1.50 bits per heavy atom. The van der Waals surface area contributed by atoms with Crippen LogP contribution in [0, 0.1) is 0 Å². The molecule has 0 N–H and O–H groups in total. The Balaban J connectivity index is 2.35. The third-order valence-corrected chi connectivity index (χ3v) is 3.57. The van der Waals surface area contributed by atoms with Gasteiger partial charge < -0.3 is 4.74 Å². The molecule has 0 amide bonds. The Morgan fingerprint density at radius 3 is 2.83 bits per heavy atom. The van der Waals surface area contributed by atoms with Crippen molar-refractivity contribution >= 4 is 39.6 Å². The van der Waals surface area contributed by atoms with Crippen LogP contribution in [0.4, 0.5) is 5.69 Å². The second kappa shape index (κ2) is 8.46. The molecular weight excluding hydrogens is 272 g/mol. The quantitative estimate of drug-likeness (QED) is 0.150. The number of benzene rings is 1. The minimum Gasteiger partial charge on any atom is -0.469 e. The number of esters is 1. The zero-order chi connectivity index (χ0) is 13.2. The van der Waals surface area contributed by atoms with Crippen molar-refractivity contribution in [1.29, 1.82) is 0 Å². The maximum atomic E-state index is 10.8. The maximum Gasteiger partial charge on any atom is 0.310 e. The predicted molar refractivity (Wildman–Crippen MR) is 73.8 cm³/mol. The van der Waals surface area contributed by atoms with Crippen LogP contribution in [0.2, 0.25) is 0 Å². The van der Waals surface area contributed by atoms with Crippen molar-refractivity contribution in [2.75, 3.05) is 7.11 Å². The highest BCUT2D eigenvalue weighted by atomic mass is 33.1. The van der Waals surface area contributed by atoms with Gasteiger partial charge in [-0.25, -0.2) is 4.40 Å². The summed E-state index contributed by atoms with van der Waals surface area (Å²) in [6.07, 6.45) is 1.66. The first-order valence-electron chi connectivity index (χ1n) is 4.83. The van der Waals surface area contributed by atoms with Gasteiger partial charge in [-0.1, -0.05) is 17.2 Å². The van der Waals surface area contributed by atoms with Crippen molar-refractivity contribution in [3.8, 4) is 0 Å². The van der Waals surface area contributed by atoms with Crippen molar-refractivity contribution in [2.24, 2.45) is 9.51 Å². The van der Waals surface area contributed by atoms with Gasteiger partial charge in [-0.15, -0.1) is 0 Å². The van der Waals surface area contributed by atoms with Gasteiger partial charge in [-0.05, 0) is 28.5 Å². The van der Waals surface area contributed by atoms with Crippen LogP contribution in [0.15, 0.2) is 38.7 Å². The minimum absolute atomic E-state index is 0.167. The molecule has 0 aliphatic carbocycles. The first kappa shape index (κ1) is 14.4. The molecule has 1 aromatic rings. The second-order valence-corrected chi connectivity index (χ2v) is 4.85. The lowest BCUT2D eigenvalue weighted by Gasteiger charge is -1.97. The summed E-state index contributed by atoms with van der Waals surface area (Å²) in [5, 5.41) is 3.47. The number of ether oxygens (including phenoxy) is 1. The lowest BCUT2D eigenvalue weighted by Crippen LogP contribution is -1.99. The number of hydrogen-bond acceptors (Lipinski definition) is 6. The molecule has 0 aromatic heterocycles. The van der Waals surface area contributed by atoms with Gasteiger partial charge in [0.15, 0.2) is 0 Å². The lowest BCUT2D eigenvalue weighted by atomic mass is 10.3. The molecule has 0 atom stereocenters. The molecule has 18 heavy (non-hydrogen) atoms. The fourth-order valence-electron chi connectivity index (χ4n) is 0.910. The van der Waals surface area contributed by atoms with Crippen molar-refractivity contribution in [1.82, 2.24) is 0 Å². The van der Waals surface area contributed by atoms with Gasteiger partial charge in [0, 0.05) is 32.7 Å². The number of carbonyl (C=O) groups excluding carboxylic acids is 1. The Bertz CT molecular complexity index is 469. The van der Waals surface area contributed by atoms with E-state index in [9.17, 15) is 4.79 Å². The van der Waals surface area contributed by atoms with Crippen LogP contribution >= 0.6 is 21.8 Å². The van der Waals surface area contributed by atoms with E-state index in [1.165, 1.54) is 35.1 Å². The molecule has 0 fully saturated rings. The Kier molecular flexibility index (Phi) is 6.78. The summed E-state index contributed by atoms with van der Waals surface area (Å²) in [6.45, 7) is 0. The second-order valence-electron chi connectivity index (χ2n) is 2.91. The van der Waals surface area contributed by atoms with Crippen molar-refractivity contribution in [3.05, 3.63) is 34.7 Å². The molecule has 0 radical (unpaired) electrons. The van der Waals surface area contributed by atoms with Gasteiger partial charge >= 0.3 is 5.97 Å². The number of hydrogen-bond donors (Lipinski definition) is 0. The summed E-state index contributed by atoms with van der Waals surface area (Å²) in [6, 6.07) is 7.11. The van der Waals surface area contributed by atoms with Crippen molar-refractivity contribution in [2.45, 2.75) is 11.3 Å². The highest BCUT2D eigenvalue weighted by Gasteiger charge is 1.96. The van der Waals surface area contributed by atoms with E-state index in [1.54, 1.807) is 12.1 Å². The summed E-state index contributed by atoms with van der Waals surface area (Å²) >= 11 is 0. The Morgan fingerprint density at radius 2 is 2.22 bits per heavy atom. The number of nitrogens with zero attached hydrogens (tertiary/aromatic N) is 4. The van der Waals surface area contributed by atoms with Crippen LogP contribution in [0.1, 0.15) is 6.42 Å². The summed E-state index contributed by atoms with van der Waals surface area (Å²) in [5.41, 5.74) is 8.82. The molecule has 1 aromatic carbocycles. The minimum atomic E-state index is -0.317. The molecule has 0 unspecified atom stereocenters. The topological polar surface area (TPSA) is 87.4 Å². The predicted octanol–water partition coefficient (Wildman–Crippen LogP) is 3.92. The molecule has 0 aliphatic rings. The van der Waals surface area contributed by atoms with Gasteiger partial charge in [0.2, 0.25) is 0 Å². The number of carbonyl (C=O) groups is 1. The van der Waals surface area contributed by atoms with Crippen LogP contribution < -0.4 is 0 Å². The van der Waals surface area contributed by atoms with E-state index in [2.05, 4.69) is 19.2 Å². The fourth-order valence-corrected chi connectivity index (χ4v) is 2.33. The standard InChI is InChI=1S/C10H10N4O2S2/c1-16-10(15)6-7-12-18-17-9-4-2-8(3-5-9)13-14-11/h2-5,7H,6H2,1H3. The van der Waals surface area contributed by atoms with E-state index in [1.807, 2.05) is 12.1 Å². The summed E-state index contributed by atoms with van der Waals surface area (Å²) < 4.78 is 8.45. The van der Waals surface area contributed by atoms with Gasteiger partial charge in [0.25, 0.3) is 0 Å². The van der Waals surface area contributed by atoms with Crippen molar-refractivity contribution in [3.63, 3.8) is 0 Å². The van der Waals surface area contributed by atoms with E-state index >= 15 is 0 Å². The highest BCUT2D eigenvalue weighted by molar-refractivity contribution is 8.76. The van der Waals surface area contributed by atoms with Crippen LogP contribution in [-0.4, -0.2) is 19.3 Å². The average Bonchev–Trinajstić information content (AvgIpc) is 2.40. The number of rotatable bonds is 6. The van der Waals surface area contributed by atoms with Gasteiger partial charge in [-0.2, -0.15) is 0 Å². The summed E-state index contributed by atoms with van der Waals surface area (Å²) in [4.78, 5) is 14.4. The molecular formula is C10H10N4O2S2. The maximum absolute atomic E-state index is 10.8. The van der Waals surface area contributed by atoms with E-state index in [0.717, 1.165) is 4.90 Å². The van der Waals surface area contributed by atoms with E-state index in [0.29, 0.717) is 5.69 Å². The first-order valence-corrected chi connectivity index (χ1v) is 6.94. The molecule has 0 spiro atoms. The van der Waals surface area contributed by atoms with Crippen LogP contribution in [0.3, 0.4) is 0 Å². The Labute approximate surface area is 112 Å². The first-order chi connectivity index (χ1) is 8.76. The molecule has 0 saturated carbocycles. The largest absolute Gasteiger partial charge is 0.469 e. The molecule has 8 heteroatoms.